The van der Waals surface area contributed by atoms with Gasteiger partial charge in [-0.2, -0.15) is 0 Å². The Hall–Kier alpha value is -4.66. The summed E-state index contributed by atoms with van der Waals surface area (Å²) < 4.78 is 39.8. The summed E-state index contributed by atoms with van der Waals surface area (Å²) in [5, 5.41) is 11.6. The van der Waals surface area contributed by atoms with Crippen molar-refractivity contribution in [3.05, 3.63) is 101 Å². The van der Waals surface area contributed by atoms with Gasteiger partial charge in [0.2, 0.25) is 5.78 Å². The van der Waals surface area contributed by atoms with Crippen molar-refractivity contribution in [2.45, 2.75) is 19.9 Å². The fourth-order valence-electron chi connectivity index (χ4n) is 4.98. The van der Waals surface area contributed by atoms with Crippen molar-refractivity contribution in [3.63, 3.8) is 0 Å². The Bertz CT molecular complexity index is 1610. The summed E-state index contributed by atoms with van der Waals surface area (Å²) in [7, 11) is 1.47. The van der Waals surface area contributed by atoms with Crippen LogP contribution in [0.2, 0.25) is 0 Å². The third-order valence-electron chi connectivity index (χ3n) is 6.91. The molecule has 0 saturated carbocycles. The highest BCUT2D eigenvalue weighted by Crippen LogP contribution is 2.44. The molecule has 0 aliphatic carbocycles. The van der Waals surface area contributed by atoms with E-state index in [2.05, 4.69) is 4.90 Å². The van der Waals surface area contributed by atoms with Crippen LogP contribution in [0.1, 0.15) is 36.0 Å². The van der Waals surface area contributed by atoms with E-state index in [0.29, 0.717) is 28.3 Å². The lowest BCUT2D eigenvalue weighted by molar-refractivity contribution is -0.117. The highest BCUT2D eigenvalue weighted by atomic mass is 19.1. The lowest BCUT2D eigenvalue weighted by atomic mass is 9.94. The molecule has 1 aromatic heterocycles. The van der Waals surface area contributed by atoms with Crippen LogP contribution in [0.25, 0.3) is 11.0 Å². The van der Waals surface area contributed by atoms with E-state index in [1.165, 1.54) is 13.2 Å². The number of rotatable bonds is 8. The number of anilines is 2. The topological polar surface area (TPSA) is 83.2 Å². The molecule has 1 N–H and O–H groups in total. The Labute approximate surface area is 223 Å². The van der Waals surface area contributed by atoms with Crippen LogP contribution in [0.5, 0.6) is 5.75 Å². The second kappa shape index (κ2) is 10.2. The van der Waals surface area contributed by atoms with Crippen LogP contribution in [-0.4, -0.2) is 37.0 Å². The molecular weight excluding hydrogens is 506 g/mol. The molecule has 1 atom stereocenters. The number of hydrogen-bond acceptors (Lipinski definition) is 6. The number of carbonyl (C=O) groups excluding carboxylic acids is 2. The van der Waals surface area contributed by atoms with E-state index in [9.17, 15) is 23.5 Å². The van der Waals surface area contributed by atoms with Gasteiger partial charge in [-0.1, -0.05) is 24.3 Å². The lowest BCUT2D eigenvalue weighted by Crippen LogP contribution is -2.32. The van der Waals surface area contributed by atoms with Gasteiger partial charge in [0.05, 0.1) is 24.4 Å². The van der Waals surface area contributed by atoms with E-state index in [0.717, 1.165) is 35.8 Å². The number of halogens is 2. The zero-order valence-corrected chi connectivity index (χ0v) is 21.6. The van der Waals surface area contributed by atoms with Crippen LogP contribution < -0.4 is 14.5 Å². The Morgan fingerprint density at radius 2 is 1.77 bits per heavy atom. The van der Waals surface area contributed by atoms with Gasteiger partial charge in [0.1, 0.15) is 11.6 Å². The average molecular weight is 533 g/mol. The number of aliphatic hydroxyl groups is 1. The maximum atomic E-state index is 15.0. The number of methoxy groups -OCH3 is 1. The molecule has 5 rings (SSSR count). The number of fused-ring (bicyclic) bond motifs is 1. The molecule has 1 amide bonds. The van der Waals surface area contributed by atoms with E-state index in [1.54, 1.807) is 30.3 Å². The number of ketones is 1. The summed E-state index contributed by atoms with van der Waals surface area (Å²) in [4.78, 5) is 30.3. The first kappa shape index (κ1) is 26.0. The number of Topliss-reactive ketones (excluding diaryl/α,β-unsaturated/α-hetero) is 1. The highest BCUT2D eigenvalue weighted by Gasteiger charge is 2.46. The molecule has 0 spiro atoms. The fraction of sp³-hybridized carbons (Fsp3) is 0.200. The molecule has 1 aliphatic rings. The van der Waals surface area contributed by atoms with Crippen LogP contribution in [0.4, 0.5) is 20.2 Å². The lowest BCUT2D eigenvalue weighted by Gasteiger charge is -2.28. The maximum absolute atomic E-state index is 15.0. The van der Waals surface area contributed by atoms with E-state index in [1.807, 2.05) is 26.0 Å². The molecule has 9 heteroatoms. The summed E-state index contributed by atoms with van der Waals surface area (Å²) in [6.07, 6.45) is 0. The van der Waals surface area contributed by atoms with Crippen molar-refractivity contribution >= 4 is 34.0 Å². The minimum atomic E-state index is -1.20. The number of para-hydroxylation sites is 1. The molecule has 3 aromatic carbocycles. The first-order chi connectivity index (χ1) is 18.8. The molecule has 1 unspecified atom stereocenters. The quantitative estimate of drug-likeness (QED) is 0.266. The van der Waals surface area contributed by atoms with E-state index >= 15 is 0 Å². The molecule has 0 bridgehead atoms. The van der Waals surface area contributed by atoms with Crippen molar-refractivity contribution in [1.29, 1.82) is 0 Å². The van der Waals surface area contributed by atoms with Gasteiger partial charge in [-0.3, -0.25) is 14.5 Å². The third kappa shape index (κ3) is 4.39. The van der Waals surface area contributed by atoms with Gasteiger partial charge in [-0.05, 0) is 55.8 Å². The number of carbonyl (C=O) groups is 2. The number of nitrogens with zero attached hydrogens (tertiary/aromatic N) is 2. The minimum absolute atomic E-state index is 0.130. The molecule has 4 aromatic rings. The Morgan fingerprint density at radius 3 is 2.41 bits per heavy atom. The van der Waals surface area contributed by atoms with E-state index < -0.39 is 35.1 Å². The molecule has 200 valence electrons. The Kier molecular flexibility index (Phi) is 6.82. The third-order valence-corrected chi connectivity index (χ3v) is 6.91. The average Bonchev–Trinajstić information content (AvgIpc) is 3.49. The minimum Gasteiger partial charge on any atom is -0.503 e. The molecule has 1 aliphatic heterocycles. The zero-order chi connectivity index (χ0) is 27.8. The van der Waals surface area contributed by atoms with Crippen molar-refractivity contribution < 1.29 is 32.6 Å². The zero-order valence-electron chi connectivity index (χ0n) is 21.6. The summed E-state index contributed by atoms with van der Waals surface area (Å²) in [6.45, 7) is 5.58. The van der Waals surface area contributed by atoms with Gasteiger partial charge < -0.3 is 19.2 Å². The molecule has 39 heavy (non-hydrogen) atoms. The number of aliphatic hydroxyl groups excluding tert-OH is 1. The van der Waals surface area contributed by atoms with Gasteiger partial charge in [0, 0.05) is 30.2 Å². The molecule has 2 heterocycles. The smallest absolute Gasteiger partial charge is 0.294 e. The predicted molar refractivity (Wildman–Crippen MR) is 143 cm³/mol. The summed E-state index contributed by atoms with van der Waals surface area (Å²) in [6, 6.07) is 15.3. The van der Waals surface area contributed by atoms with Crippen molar-refractivity contribution in [3.8, 4) is 5.75 Å². The van der Waals surface area contributed by atoms with Gasteiger partial charge in [0.25, 0.3) is 5.91 Å². The van der Waals surface area contributed by atoms with Crippen LogP contribution >= 0.6 is 0 Å². The monoisotopic (exact) mass is 532 g/mol. The number of hydrogen-bond donors (Lipinski definition) is 1. The number of ether oxygens (including phenoxy) is 1. The fourth-order valence-corrected chi connectivity index (χ4v) is 4.98. The molecule has 0 radical (unpaired) electrons. The molecular formula is C30H26F2N2O5. The SMILES string of the molecule is CCN(CC)c1ccc(C2C(C(=O)c3cc4cccc(OC)c4o3)=C(O)C(=O)N2c2ccc(F)cc2F)cc1. The van der Waals surface area contributed by atoms with Gasteiger partial charge in [-0.25, -0.2) is 8.78 Å². The molecule has 0 fully saturated rings. The van der Waals surface area contributed by atoms with Crippen LogP contribution in [-0.2, 0) is 4.79 Å². The van der Waals surface area contributed by atoms with E-state index in [-0.39, 0.29) is 17.0 Å². The predicted octanol–water partition coefficient (Wildman–Crippen LogP) is 6.35. The summed E-state index contributed by atoms with van der Waals surface area (Å²) >= 11 is 0. The first-order valence-corrected chi connectivity index (χ1v) is 12.5. The summed E-state index contributed by atoms with van der Waals surface area (Å²) in [5.74, 6) is -4.14. The number of amides is 1. The number of benzene rings is 3. The largest absolute Gasteiger partial charge is 0.503 e. The molecule has 0 saturated heterocycles. The van der Waals surface area contributed by atoms with Crippen LogP contribution in [0.3, 0.4) is 0 Å². The molecule has 7 nitrogen and oxygen atoms in total. The van der Waals surface area contributed by atoms with Crippen LogP contribution in [0, 0.1) is 11.6 Å². The van der Waals surface area contributed by atoms with Crippen molar-refractivity contribution in [2.24, 2.45) is 0 Å². The second-order valence-electron chi connectivity index (χ2n) is 9.02. The van der Waals surface area contributed by atoms with Crippen molar-refractivity contribution in [2.75, 3.05) is 30.0 Å². The van der Waals surface area contributed by atoms with Gasteiger partial charge in [0.15, 0.2) is 22.9 Å². The van der Waals surface area contributed by atoms with Crippen molar-refractivity contribution in [1.82, 2.24) is 0 Å². The highest BCUT2D eigenvalue weighted by molar-refractivity contribution is 6.20. The normalized spacial score (nSPS) is 15.4. The number of furan rings is 1. The second-order valence-corrected chi connectivity index (χ2v) is 9.02. The maximum Gasteiger partial charge on any atom is 0.294 e. The van der Waals surface area contributed by atoms with Gasteiger partial charge >= 0.3 is 0 Å². The van der Waals surface area contributed by atoms with E-state index in [4.69, 9.17) is 9.15 Å². The Balaban J connectivity index is 1.65. The van der Waals surface area contributed by atoms with Gasteiger partial charge in [-0.15, -0.1) is 0 Å². The summed E-state index contributed by atoms with van der Waals surface area (Å²) in [5.41, 5.74) is 1.13. The standard InChI is InChI=1S/C30H26F2N2O5/c1-4-33(5-2)20-12-9-17(10-13-20)26-25(27(35)24-15-18-7-6-8-23(38-3)29(18)39-24)28(36)30(37)34(26)22-14-11-19(31)16-21(22)32/h6-16,26,36H,4-5H2,1-3H3. The van der Waals surface area contributed by atoms with Crippen LogP contribution in [0.15, 0.2) is 82.5 Å². The Morgan fingerprint density at radius 1 is 1.05 bits per heavy atom. The first-order valence-electron chi connectivity index (χ1n) is 12.5.